The summed E-state index contributed by atoms with van der Waals surface area (Å²) in [5, 5.41) is 34.1. The van der Waals surface area contributed by atoms with Crippen molar-refractivity contribution >= 4 is 81.8 Å². The second-order valence-corrected chi connectivity index (χ2v) is 11.1. The highest BCUT2D eigenvalue weighted by Gasteiger charge is 2.46. The number of ether oxygens (including phenoxy) is 4. The Bertz CT molecular complexity index is 592. The number of alkyl halides is 6. The molecule has 31 heavy (non-hydrogen) atoms. The molecule has 2 amide bonds. The van der Waals surface area contributed by atoms with Crippen LogP contribution in [0.2, 0.25) is 0 Å². The molecule has 0 aromatic rings. The van der Waals surface area contributed by atoms with E-state index in [1.165, 1.54) is 0 Å². The molecule has 1 heterocycles. The van der Waals surface area contributed by atoms with E-state index in [9.17, 15) is 24.9 Å². The van der Waals surface area contributed by atoms with Crippen LogP contribution in [0.1, 0.15) is 0 Å². The Morgan fingerprint density at radius 2 is 1.48 bits per heavy atom. The molecule has 5 atom stereocenters. The van der Waals surface area contributed by atoms with Crippen molar-refractivity contribution in [3.8, 4) is 0 Å². The SMILES string of the molecule is O=C(NCCO[C@@H]1OC(CO)[C@@H](O)C(O)[C@@H]1NC(=O)OCC(Cl)(Cl)Cl)OCC(Cl)(Cl)Cl. The molecular weight excluding hydrogens is 553 g/mol. The zero-order chi connectivity index (χ0) is 23.8. The first kappa shape index (κ1) is 29.1. The van der Waals surface area contributed by atoms with Crippen LogP contribution < -0.4 is 10.6 Å². The second kappa shape index (κ2) is 13.1. The Hall–Kier alpha value is 0.0800. The van der Waals surface area contributed by atoms with Crippen LogP contribution in [0.4, 0.5) is 9.59 Å². The summed E-state index contributed by atoms with van der Waals surface area (Å²) in [6.07, 6.45) is -7.73. The molecule has 0 spiro atoms. The van der Waals surface area contributed by atoms with E-state index in [1.54, 1.807) is 0 Å². The van der Waals surface area contributed by atoms with Crippen LogP contribution in [0.5, 0.6) is 0 Å². The van der Waals surface area contributed by atoms with Gasteiger partial charge in [0.15, 0.2) is 6.29 Å². The van der Waals surface area contributed by atoms with Gasteiger partial charge >= 0.3 is 12.2 Å². The molecule has 2 unspecified atom stereocenters. The van der Waals surface area contributed by atoms with Gasteiger partial charge in [-0.3, -0.25) is 0 Å². The first-order valence-corrected chi connectivity index (χ1v) is 10.7. The molecule has 0 aromatic carbocycles. The molecular formula is C14H20Cl6N2O9. The third-order valence-corrected chi connectivity index (χ3v) is 4.21. The Morgan fingerprint density at radius 1 is 0.935 bits per heavy atom. The number of hydrogen-bond acceptors (Lipinski definition) is 9. The van der Waals surface area contributed by atoms with Gasteiger partial charge < -0.3 is 44.9 Å². The summed E-state index contributed by atoms with van der Waals surface area (Å²) in [7, 11) is 0. The summed E-state index contributed by atoms with van der Waals surface area (Å²) in [4.78, 5) is 23.4. The molecule has 0 saturated carbocycles. The van der Waals surface area contributed by atoms with Gasteiger partial charge in [0.25, 0.3) is 0 Å². The van der Waals surface area contributed by atoms with Gasteiger partial charge in [0.1, 0.15) is 37.6 Å². The summed E-state index contributed by atoms with van der Waals surface area (Å²) in [5.74, 6) is 0. The third kappa shape index (κ3) is 11.7. The first-order chi connectivity index (χ1) is 14.2. The second-order valence-electron chi connectivity index (χ2n) is 6.06. The van der Waals surface area contributed by atoms with E-state index in [2.05, 4.69) is 15.4 Å². The van der Waals surface area contributed by atoms with Crippen molar-refractivity contribution in [3.05, 3.63) is 0 Å². The lowest BCUT2D eigenvalue weighted by Crippen LogP contribution is -2.65. The van der Waals surface area contributed by atoms with E-state index in [4.69, 9.17) is 83.8 Å². The van der Waals surface area contributed by atoms with Crippen molar-refractivity contribution in [1.29, 1.82) is 0 Å². The number of hydrogen-bond donors (Lipinski definition) is 5. The van der Waals surface area contributed by atoms with Crippen LogP contribution in [0, 0.1) is 0 Å². The summed E-state index contributed by atoms with van der Waals surface area (Å²) < 4.78 is 16.4. The molecule has 5 N–H and O–H groups in total. The van der Waals surface area contributed by atoms with Gasteiger partial charge in [0, 0.05) is 6.54 Å². The average Bonchev–Trinajstić information content (AvgIpc) is 2.65. The Kier molecular flexibility index (Phi) is 12.3. The Balaban J connectivity index is 2.61. The molecule has 1 aliphatic heterocycles. The lowest BCUT2D eigenvalue weighted by Gasteiger charge is -2.42. The van der Waals surface area contributed by atoms with E-state index in [0.717, 1.165) is 0 Å². The fourth-order valence-corrected chi connectivity index (χ4v) is 2.56. The minimum Gasteiger partial charge on any atom is -0.445 e. The van der Waals surface area contributed by atoms with Gasteiger partial charge in [-0.2, -0.15) is 0 Å². The maximum Gasteiger partial charge on any atom is 0.407 e. The molecule has 0 bridgehead atoms. The van der Waals surface area contributed by atoms with Crippen LogP contribution in [0.15, 0.2) is 0 Å². The van der Waals surface area contributed by atoms with Crippen molar-refractivity contribution in [1.82, 2.24) is 10.6 Å². The van der Waals surface area contributed by atoms with Crippen molar-refractivity contribution in [2.45, 2.75) is 38.2 Å². The third-order valence-electron chi connectivity index (χ3n) is 3.55. The molecule has 1 aliphatic rings. The lowest BCUT2D eigenvalue weighted by atomic mass is 9.97. The molecule has 11 nitrogen and oxygen atoms in total. The van der Waals surface area contributed by atoms with Crippen molar-refractivity contribution in [2.75, 3.05) is 33.0 Å². The standard InChI is InChI=1S/C14H20Cl6N2O9/c15-13(16,17)4-29-11(26)21-1-2-28-10-7(9(25)8(24)6(3-23)31-10)22-12(27)30-5-14(18,19)20/h6-10,23-25H,1-5H2,(H,21,26)(H,22,27)/t6?,7-,8+,9?,10+/m0/s1. The van der Waals surface area contributed by atoms with Gasteiger partial charge in [0.05, 0.1) is 13.2 Å². The molecule has 182 valence electrons. The molecule has 0 radical (unpaired) electrons. The van der Waals surface area contributed by atoms with E-state index in [0.29, 0.717) is 0 Å². The monoisotopic (exact) mass is 570 g/mol. The smallest absolute Gasteiger partial charge is 0.407 e. The van der Waals surface area contributed by atoms with Gasteiger partial charge in [-0.05, 0) is 0 Å². The van der Waals surface area contributed by atoms with Gasteiger partial charge in [-0.1, -0.05) is 69.6 Å². The highest BCUT2D eigenvalue weighted by Crippen LogP contribution is 2.27. The predicted octanol–water partition coefficient (Wildman–Crippen LogP) is 1.00. The van der Waals surface area contributed by atoms with Crippen LogP contribution in [-0.2, 0) is 18.9 Å². The van der Waals surface area contributed by atoms with Crippen LogP contribution in [0.3, 0.4) is 0 Å². The maximum absolute atomic E-state index is 11.9. The van der Waals surface area contributed by atoms with Gasteiger partial charge in [-0.15, -0.1) is 0 Å². The topological polar surface area (TPSA) is 156 Å². The van der Waals surface area contributed by atoms with Crippen molar-refractivity contribution in [3.63, 3.8) is 0 Å². The van der Waals surface area contributed by atoms with E-state index >= 15 is 0 Å². The quantitative estimate of drug-likeness (QED) is 0.211. The van der Waals surface area contributed by atoms with E-state index in [1.807, 2.05) is 0 Å². The minimum absolute atomic E-state index is 0.106. The number of alkyl carbamates (subject to hydrolysis) is 2. The van der Waals surface area contributed by atoms with E-state index < -0.39 is 70.2 Å². The molecule has 0 aliphatic carbocycles. The highest BCUT2D eigenvalue weighted by molar-refractivity contribution is 6.68. The first-order valence-electron chi connectivity index (χ1n) is 8.45. The zero-order valence-corrected chi connectivity index (χ0v) is 20.0. The number of carbonyl (C=O) groups excluding carboxylic acids is 2. The van der Waals surface area contributed by atoms with Crippen LogP contribution >= 0.6 is 69.6 Å². The summed E-state index contributed by atoms with van der Waals surface area (Å²) in [6, 6.07) is -1.34. The number of nitrogens with one attached hydrogen (secondary N) is 2. The highest BCUT2D eigenvalue weighted by atomic mass is 35.6. The van der Waals surface area contributed by atoms with Crippen molar-refractivity contribution in [2.24, 2.45) is 0 Å². The fraction of sp³-hybridized carbons (Fsp3) is 0.857. The Labute approximate surface area is 207 Å². The normalized spacial score (nSPS) is 26.8. The van der Waals surface area contributed by atoms with Gasteiger partial charge in [0.2, 0.25) is 7.59 Å². The molecule has 0 aromatic heterocycles. The predicted molar refractivity (Wildman–Crippen MR) is 112 cm³/mol. The number of aliphatic hydroxyl groups is 3. The summed E-state index contributed by atoms with van der Waals surface area (Å²) in [5.41, 5.74) is 0. The maximum atomic E-state index is 11.9. The molecule has 1 rings (SSSR count). The number of aliphatic hydroxyl groups excluding tert-OH is 3. The van der Waals surface area contributed by atoms with Crippen LogP contribution in [0.25, 0.3) is 0 Å². The van der Waals surface area contributed by atoms with Crippen LogP contribution in [-0.4, -0.2) is 98.7 Å². The number of rotatable bonds is 8. The zero-order valence-electron chi connectivity index (χ0n) is 15.5. The largest absolute Gasteiger partial charge is 0.445 e. The van der Waals surface area contributed by atoms with Crippen molar-refractivity contribution < 1.29 is 43.9 Å². The number of amides is 2. The van der Waals surface area contributed by atoms with E-state index in [-0.39, 0.29) is 13.2 Å². The Morgan fingerprint density at radius 3 is 2.00 bits per heavy atom. The summed E-state index contributed by atoms with van der Waals surface area (Å²) in [6.45, 7) is -2.03. The molecule has 17 heteroatoms. The molecule has 1 fully saturated rings. The minimum atomic E-state index is -1.87. The average molecular weight is 573 g/mol. The number of carbonyl (C=O) groups is 2. The molecule has 1 saturated heterocycles. The number of halogens is 6. The fourth-order valence-electron chi connectivity index (χ4n) is 2.23. The summed E-state index contributed by atoms with van der Waals surface area (Å²) >= 11 is 32.8. The van der Waals surface area contributed by atoms with Gasteiger partial charge in [-0.25, -0.2) is 9.59 Å². The lowest BCUT2D eigenvalue weighted by molar-refractivity contribution is -0.269.